The third-order valence-corrected chi connectivity index (χ3v) is 4.31. The highest BCUT2D eigenvalue weighted by molar-refractivity contribution is 9.09. The summed E-state index contributed by atoms with van der Waals surface area (Å²) in [5, 5.41) is 1.63. The van der Waals surface area contributed by atoms with Crippen LogP contribution in [0.1, 0.15) is 22.6 Å². The van der Waals surface area contributed by atoms with Gasteiger partial charge in [-0.3, -0.25) is 0 Å². The van der Waals surface area contributed by atoms with E-state index in [9.17, 15) is 0 Å². The summed E-state index contributed by atoms with van der Waals surface area (Å²) in [4.78, 5) is 0. The average molecular weight is 354 g/mol. The van der Waals surface area contributed by atoms with Crippen LogP contribution in [-0.2, 0) is 0 Å². The predicted molar refractivity (Wildman–Crippen MR) is 89.4 cm³/mol. The molecule has 0 radical (unpaired) electrons. The van der Waals surface area contributed by atoms with Crippen molar-refractivity contribution in [1.29, 1.82) is 0 Å². The van der Waals surface area contributed by atoms with Gasteiger partial charge in [-0.25, -0.2) is 0 Å². The molecule has 3 heteroatoms. The minimum Gasteiger partial charge on any atom is -0.492 e. The van der Waals surface area contributed by atoms with Crippen LogP contribution in [0, 0.1) is 13.8 Å². The fourth-order valence-electron chi connectivity index (χ4n) is 2.26. The largest absolute Gasteiger partial charge is 0.492 e. The van der Waals surface area contributed by atoms with E-state index in [2.05, 4.69) is 40.2 Å². The Morgan fingerprint density at radius 1 is 1.10 bits per heavy atom. The molecule has 0 amide bonds. The van der Waals surface area contributed by atoms with Gasteiger partial charge in [-0.2, -0.15) is 0 Å². The minimum atomic E-state index is 0.339. The zero-order valence-electron chi connectivity index (χ0n) is 11.7. The van der Waals surface area contributed by atoms with Gasteiger partial charge in [0.1, 0.15) is 5.75 Å². The number of ether oxygens (including phenoxy) is 1. The van der Waals surface area contributed by atoms with Crippen LogP contribution in [0.2, 0.25) is 5.02 Å². The fraction of sp³-hybridized carbons (Fsp3) is 0.294. The number of rotatable bonds is 5. The van der Waals surface area contributed by atoms with Crippen molar-refractivity contribution in [3.05, 3.63) is 64.2 Å². The molecule has 0 fully saturated rings. The molecule has 1 atom stereocenters. The lowest BCUT2D eigenvalue weighted by atomic mass is 10.0. The highest BCUT2D eigenvalue weighted by Gasteiger charge is 2.13. The van der Waals surface area contributed by atoms with Gasteiger partial charge in [0.2, 0.25) is 0 Å². The Kier molecular flexibility index (Phi) is 5.50. The highest BCUT2D eigenvalue weighted by Crippen LogP contribution is 2.28. The number of halogens is 2. The second kappa shape index (κ2) is 7.14. The summed E-state index contributed by atoms with van der Waals surface area (Å²) in [5.41, 5.74) is 3.45. The molecule has 0 saturated carbocycles. The number of alkyl halides is 1. The Labute approximate surface area is 134 Å². The van der Waals surface area contributed by atoms with Crippen LogP contribution in [-0.4, -0.2) is 11.9 Å². The normalized spacial score (nSPS) is 12.2. The van der Waals surface area contributed by atoms with Crippen molar-refractivity contribution >= 4 is 27.5 Å². The lowest BCUT2D eigenvalue weighted by Crippen LogP contribution is -2.12. The summed E-state index contributed by atoms with van der Waals surface area (Å²) in [6, 6.07) is 14.3. The van der Waals surface area contributed by atoms with Crippen molar-refractivity contribution in [2.24, 2.45) is 0 Å². The van der Waals surface area contributed by atoms with Crippen LogP contribution >= 0.6 is 27.5 Å². The molecule has 0 N–H and O–H groups in total. The quantitative estimate of drug-likeness (QED) is 0.644. The predicted octanol–water partition coefficient (Wildman–Crippen LogP) is 5.51. The SMILES string of the molecule is Cc1cc(Cl)cc(C)c1OCC(CBr)c1ccccc1. The first-order valence-corrected chi connectivity index (χ1v) is 8.12. The maximum atomic E-state index is 6.05. The molecule has 106 valence electrons. The summed E-state index contributed by atoms with van der Waals surface area (Å²) in [7, 11) is 0. The monoisotopic (exact) mass is 352 g/mol. The van der Waals surface area contributed by atoms with Gasteiger partial charge in [0.05, 0.1) is 6.61 Å². The minimum absolute atomic E-state index is 0.339. The molecule has 0 aliphatic rings. The van der Waals surface area contributed by atoms with E-state index in [0.717, 1.165) is 27.2 Å². The van der Waals surface area contributed by atoms with E-state index in [-0.39, 0.29) is 0 Å². The van der Waals surface area contributed by atoms with Crippen molar-refractivity contribution in [2.45, 2.75) is 19.8 Å². The summed E-state index contributed by atoms with van der Waals surface area (Å²) in [5.74, 6) is 1.28. The molecular weight excluding hydrogens is 336 g/mol. The number of hydrogen-bond acceptors (Lipinski definition) is 1. The second-order valence-electron chi connectivity index (χ2n) is 4.94. The van der Waals surface area contributed by atoms with E-state index in [1.165, 1.54) is 5.56 Å². The van der Waals surface area contributed by atoms with Crippen LogP contribution < -0.4 is 4.74 Å². The molecule has 2 aromatic carbocycles. The Morgan fingerprint density at radius 3 is 2.25 bits per heavy atom. The third kappa shape index (κ3) is 3.77. The molecule has 2 aromatic rings. The Morgan fingerprint density at radius 2 is 1.70 bits per heavy atom. The number of benzene rings is 2. The average Bonchev–Trinajstić information content (AvgIpc) is 2.43. The lowest BCUT2D eigenvalue weighted by molar-refractivity contribution is 0.294. The van der Waals surface area contributed by atoms with E-state index in [4.69, 9.17) is 16.3 Å². The molecule has 1 unspecified atom stereocenters. The van der Waals surface area contributed by atoms with Gasteiger partial charge in [-0.1, -0.05) is 57.9 Å². The van der Waals surface area contributed by atoms with Crippen LogP contribution in [0.5, 0.6) is 5.75 Å². The highest BCUT2D eigenvalue weighted by atomic mass is 79.9. The zero-order chi connectivity index (χ0) is 14.5. The number of hydrogen-bond donors (Lipinski definition) is 0. The fourth-order valence-corrected chi connectivity index (χ4v) is 3.15. The maximum Gasteiger partial charge on any atom is 0.125 e. The Hall–Kier alpha value is -0.990. The Bertz CT molecular complexity index is 545. The summed E-state index contributed by atoms with van der Waals surface area (Å²) < 4.78 is 6.04. The molecule has 0 aromatic heterocycles. The topological polar surface area (TPSA) is 9.23 Å². The van der Waals surface area contributed by atoms with E-state index >= 15 is 0 Å². The lowest BCUT2D eigenvalue weighted by Gasteiger charge is -2.18. The molecule has 0 aliphatic heterocycles. The molecule has 0 heterocycles. The van der Waals surface area contributed by atoms with Gasteiger partial charge in [-0.05, 0) is 42.7 Å². The van der Waals surface area contributed by atoms with Crippen molar-refractivity contribution in [2.75, 3.05) is 11.9 Å². The van der Waals surface area contributed by atoms with Gasteiger partial charge in [0.25, 0.3) is 0 Å². The van der Waals surface area contributed by atoms with Crippen molar-refractivity contribution in [1.82, 2.24) is 0 Å². The summed E-state index contributed by atoms with van der Waals surface area (Å²) >= 11 is 9.62. The smallest absolute Gasteiger partial charge is 0.125 e. The first kappa shape index (κ1) is 15.4. The molecular formula is C17H18BrClO. The van der Waals surface area contributed by atoms with Crippen molar-refractivity contribution < 1.29 is 4.74 Å². The van der Waals surface area contributed by atoms with E-state index < -0.39 is 0 Å². The molecule has 1 nitrogen and oxygen atoms in total. The van der Waals surface area contributed by atoms with Crippen molar-refractivity contribution in [3.63, 3.8) is 0 Å². The zero-order valence-corrected chi connectivity index (χ0v) is 14.0. The van der Waals surface area contributed by atoms with E-state index in [0.29, 0.717) is 12.5 Å². The van der Waals surface area contributed by atoms with Gasteiger partial charge in [0.15, 0.2) is 0 Å². The molecule has 0 bridgehead atoms. The van der Waals surface area contributed by atoms with Gasteiger partial charge >= 0.3 is 0 Å². The van der Waals surface area contributed by atoms with Crippen LogP contribution in [0.25, 0.3) is 0 Å². The first-order chi connectivity index (χ1) is 9.61. The third-order valence-electron chi connectivity index (χ3n) is 3.31. The van der Waals surface area contributed by atoms with Crippen molar-refractivity contribution in [3.8, 4) is 5.75 Å². The number of aryl methyl sites for hydroxylation is 2. The van der Waals surface area contributed by atoms with Crippen LogP contribution in [0.3, 0.4) is 0 Å². The molecule has 2 rings (SSSR count). The second-order valence-corrected chi connectivity index (χ2v) is 6.03. The van der Waals surface area contributed by atoms with Crippen LogP contribution in [0.15, 0.2) is 42.5 Å². The molecule has 20 heavy (non-hydrogen) atoms. The van der Waals surface area contributed by atoms with Gasteiger partial charge in [0, 0.05) is 16.3 Å². The van der Waals surface area contributed by atoms with E-state index in [1.54, 1.807) is 0 Å². The van der Waals surface area contributed by atoms with Gasteiger partial charge < -0.3 is 4.74 Å². The van der Waals surface area contributed by atoms with Crippen LogP contribution in [0.4, 0.5) is 0 Å². The molecule has 0 spiro atoms. The first-order valence-electron chi connectivity index (χ1n) is 6.62. The molecule has 0 saturated heterocycles. The summed E-state index contributed by atoms with van der Waals surface area (Å²) in [6.45, 7) is 4.71. The van der Waals surface area contributed by atoms with Gasteiger partial charge in [-0.15, -0.1) is 0 Å². The Balaban J connectivity index is 2.12. The standard InChI is InChI=1S/C17H18BrClO/c1-12-8-16(19)9-13(2)17(12)20-11-15(10-18)14-6-4-3-5-7-14/h3-9,15H,10-11H2,1-2H3. The maximum absolute atomic E-state index is 6.05. The van der Waals surface area contributed by atoms with E-state index in [1.807, 2.05) is 32.0 Å². The summed E-state index contributed by atoms with van der Waals surface area (Å²) in [6.07, 6.45) is 0. The molecule has 0 aliphatic carbocycles.